The van der Waals surface area contributed by atoms with E-state index in [1.54, 1.807) is 42.6 Å². The first-order chi connectivity index (χ1) is 16.7. The number of carbonyl (C=O) groups excluding carboxylic acids is 2. The number of nitrogens with one attached hydrogen (secondary N) is 1. The van der Waals surface area contributed by atoms with Crippen molar-refractivity contribution in [3.05, 3.63) is 95.3 Å². The van der Waals surface area contributed by atoms with Crippen LogP contribution in [-0.2, 0) is 22.3 Å². The number of morpholine rings is 1. The minimum atomic E-state index is -4.48. The molecule has 1 aliphatic heterocycles. The summed E-state index contributed by atoms with van der Waals surface area (Å²) in [6, 6.07) is 15.0. The average molecular weight is 485 g/mol. The number of alkyl halides is 3. The zero-order chi connectivity index (χ0) is 25.0. The minimum Gasteiger partial charge on any atom is -0.386 e. The maximum absolute atomic E-state index is 12.7. The quantitative estimate of drug-likeness (QED) is 0.554. The standard InChI is InChI=1S/C25H22F3N3O4/c26-25(27,28)18-8-4-17(5-9-18)24(34)30-19-10-6-16(7-11-19)23(33)21-14-35-15-22(32)31(21)13-20-3-1-2-12-29-20/h1-12,21,23,33H,13-15H2,(H,30,34). The topological polar surface area (TPSA) is 91.8 Å². The first-order valence-corrected chi connectivity index (χ1v) is 10.8. The number of pyridine rings is 1. The molecule has 2 atom stereocenters. The molecule has 4 rings (SSSR count). The van der Waals surface area contributed by atoms with E-state index in [1.807, 2.05) is 6.07 Å². The van der Waals surface area contributed by atoms with Crippen LogP contribution in [0.4, 0.5) is 18.9 Å². The van der Waals surface area contributed by atoms with Gasteiger partial charge in [0.15, 0.2) is 0 Å². The third kappa shape index (κ3) is 5.84. The van der Waals surface area contributed by atoms with E-state index in [0.717, 1.165) is 24.3 Å². The number of halogens is 3. The van der Waals surface area contributed by atoms with Crippen LogP contribution in [0.25, 0.3) is 0 Å². The smallest absolute Gasteiger partial charge is 0.386 e. The van der Waals surface area contributed by atoms with Gasteiger partial charge in [0.05, 0.1) is 30.5 Å². The Kier molecular flexibility index (Phi) is 7.13. The van der Waals surface area contributed by atoms with Gasteiger partial charge in [-0.3, -0.25) is 14.6 Å². The molecule has 1 fully saturated rings. The largest absolute Gasteiger partial charge is 0.416 e. The number of anilines is 1. The van der Waals surface area contributed by atoms with Gasteiger partial charge in [0.2, 0.25) is 5.91 Å². The first-order valence-electron chi connectivity index (χ1n) is 10.8. The predicted octanol–water partition coefficient (Wildman–Crippen LogP) is 3.81. The van der Waals surface area contributed by atoms with E-state index in [-0.39, 0.29) is 31.2 Å². The molecular weight excluding hydrogens is 463 g/mol. The van der Waals surface area contributed by atoms with E-state index in [0.29, 0.717) is 16.9 Å². The third-order valence-electron chi connectivity index (χ3n) is 5.64. The summed E-state index contributed by atoms with van der Waals surface area (Å²) in [6.45, 7) is 0.295. The molecule has 3 aromatic rings. The normalized spacial score (nSPS) is 17.2. The van der Waals surface area contributed by atoms with E-state index < -0.39 is 29.8 Å². The molecule has 1 aromatic heterocycles. The highest BCUT2D eigenvalue weighted by Crippen LogP contribution is 2.29. The van der Waals surface area contributed by atoms with Gasteiger partial charge >= 0.3 is 6.18 Å². The number of rotatable bonds is 6. The fraction of sp³-hybridized carbons (Fsp3) is 0.240. The van der Waals surface area contributed by atoms with Crippen molar-refractivity contribution >= 4 is 17.5 Å². The van der Waals surface area contributed by atoms with Gasteiger partial charge < -0.3 is 20.1 Å². The van der Waals surface area contributed by atoms with Gasteiger partial charge in [-0.1, -0.05) is 18.2 Å². The number of aliphatic hydroxyl groups is 1. The molecule has 1 aliphatic rings. The maximum Gasteiger partial charge on any atom is 0.416 e. The molecule has 0 saturated carbocycles. The number of hydrogen-bond donors (Lipinski definition) is 2. The molecule has 2 unspecified atom stereocenters. The molecular formula is C25H22F3N3O4. The van der Waals surface area contributed by atoms with E-state index in [4.69, 9.17) is 4.74 Å². The van der Waals surface area contributed by atoms with Gasteiger partial charge in [0.25, 0.3) is 5.91 Å². The van der Waals surface area contributed by atoms with Crippen molar-refractivity contribution in [1.82, 2.24) is 9.88 Å². The fourth-order valence-corrected chi connectivity index (χ4v) is 3.76. The minimum absolute atomic E-state index is 0.0742. The van der Waals surface area contributed by atoms with Crippen LogP contribution in [0.3, 0.4) is 0 Å². The second-order valence-electron chi connectivity index (χ2n) is 8.02. The van der Waals surface area contributed by atoms with Crippen molar-refractivity contribution in [2.45, 2.75) is 24.9 Å². The van der Waals surface area contributed by atoms with Crippen LogP contribution >= 0.6 is 0 Å². The lowest BCUT2D eigenvalue weighted by atomic mass is 9.99. The van der Waals surface area contributed by atoms with Crippen LogP contribution in [0.5, 0.6) is 0 Å². The Hall–Kier alpha value is -3.76. The monoisotopic (exact) mass is 485 g/mol. The number of carbonyl (C=O) groups is 2. The Labute approximate surface area is 199 Å². The van der Waals surface area contributed by atoms with Crippen molar-refractivity contribution in [2.75, 3.05) is 18.5 Å². The highest BCUT2D eigenvalue weighted by molar-refractivity contribution is 6.04. The molecule has 2 amide bonds. The van der Waals surface area contributed by atoms with Gasteiger partial charge in [-0.15, -0.1) is 0 Å². The molecule has 2 aromatic carbocycles. The number of aromatic nitrogens is 1. The van der Waals surface area contributed by atoms with Gasteiger partial charge in [-0.2, -0.15) is 13.2 Å². The van der Waals surface area contributed by atoms with Gasteiger partial charge in [0.1, 0.15) is 12.7 Å². The van der Waals surface area contributed by atoms with Crippen LogP contribution in [0.1, 0.15) is 33.3 Å². The van der Waals surface area contributed by atoms with E-state index in [1.165, 1.54) is 4.90 Å². The summed E-state index contributed by atoms with van der Waals surface area (Å²) in [7, 11) is 0. The van der Waals surface area contributed by atoms with Crippen molar-refractivity contribution < 1.29 is 32.6 Å². The average Bonchev–Trinajstić information content (AvgIpc) is 2.85. The summed E-state index contributed by atoms with van der Waals surface area (Å²) < 4.78 is 43.5. The van der Waals surface area contributed by atoms with E-state index in [9.17, 15) is 27.9 Å². The number of ether oxygens (including phenoxy) is 1. The zero-order valence-corrected chi connectivity index (χ0v) is 18.4. The highest BCUT2D eigenvalue weighted by atomic mass is 19.4. The van der Waals surface area contributed by atoms with Crippen LogP contribution in [0, 0.1) is 0 Å². The molecule has 10 heteroatoms. The molecule has 2 N–H and O–H groups in total. The highest BCUT2D eigenvalue weighted by Gasteiger charge is 2.35. The zero-order valence-electron chi connectivity index (χ0n) is 18.4. The molecule has 2 heterocycles. The Morgan fingerprint density at radius 2 is 1.83 bits per heavy atom. The lowest BCUT2D eigenvalue weighted by Gasteiger charge is -2.38. The van der Waals surface area contributed by atoms with Gasteiger partial charge in [0, 0.05) is 17.4 Å². The van der Waals surface area contributed by atoms with Crippen LogP contribution in [0.2, 0.25) is 0 Å². The molecule has 1 saturated heterocycles. The molecule has 0 aliphatic carbocycles. The molecule has 182 valence electrons. The summed E-state index contributed by atoms with van der Waals surface area (Å²) in [5.41, 5.74) is 0.820. The van der Waals surface area contributed by atoms with Crippen LogP contribution in [0.15, 0.2) is 72.9 Å². The van der Waals surface area contributed by atoms with Gasteiger partial charge in [-0.25, -0.2) is 0 Å². The van der Waals surface area contributed by atoms with Crippen LogP contribution in [-0.4, -0.2) is 46.1 Å². The number of benzene rings is 2. The SMILES string of the molecule is O=C(Nc1ccc(C(O)C2COCC(=O)N2Cc2ccccn2)cc1)c1ccc(C(F)(F)F)cc1. The van der Waals surface area contributed by atoms with Crippen molar-refractivity contribution in [1.29, 1.82) is 0 Å². The van der Waals surface area contributed by atoms with Crippen molar-refractivity contribution in [3.8, 4) is 0 Å². The maximum atomic E-state index is 12.7. The summed E-state index contributed by atoms with van der Waals surface area (Å²) in [5.74, 6) is -0.828. The number of nitrogens with zero attached hydrogens (tertiary/aromatic N) is 2. The number of hydrogen-bond acceptors (Lipinski definition) is 5. The summed E-state index contributed by atoms with van der Waals surface area (Å²) in [5, 5.41) is 13.6. The molecule has 0 radical (unpaired) electrons. The second-order valence-corrected chi connectivity index (χ2v) is 8.02. The van der Waals surface area contributed by atoms with Gasteiger partial charge in [-0.05, 0) is 54.1 Å². The fourth-order valence-electron chi connectivity index (χ4n) is 3.76. The van der Waals surface area contributed by atoms with Crippen LogP contribution < -0.4 is 5.32 Å². The Morgan fingerprint density at radius 1 is 1.11 bits per heavy atom. The third-order valence-corrected chi connectivity index (χ3v) is 5.64. The lowest BCUT2D eigenvalue weighted by molar-refractivity contribution is -0.155. The predicted molar refractivity (Wildman–Crippen MR) is 120 cm³/mol. The second kappa shape index (κ2) is 10.2. The Bertz CT molecular complexity index is 1170. The molecule has 0 bridgehead atoms. The lowest BCUT2D eigenvalue weighted by Crippen LogP contribution is -2.51. The number of amides is 2. The first kappa shape index (κ1) is 24.4. The summed E-state index contributed by atoms with van der Waals surface area (Å²) in [6.07, 6.45) is -3.90. The Balaban J connectivity index is 1.43. The van der Waals surface area contributed by atoms with E-state index in [2.05, 4.69) is 10.3 Å². The van der Waals surface area contributed by atoms with E-state index >= 15 is 0 Å². The summed E-state index contributed by atoms with van der Waals surface area (Å²) in [4.78, 5) is 30.6. The number of aliphatic hydroxyl groups excluding tert-OH is 1. The molecule has 0 spiro atoms. The van der Waals surface area contributed by atoms with Crippen molar-refractivity contribution in [3.63, 3.8) is 0 Å². The Morgan fingerprint density at radius 3 is 2.46 bits per heavy atom. The molecule has 35 heavy (non-hydrogen) atoms. The molecule has 7 nitrogen and oxygen atoms in total. The van der Waals surface area contributed by atoms with Crippen molar-refractivity contribution in [2.24, 2.45) is 0 Å². The summed E-state index contributed by atoms with van der Waals surface area (Å²) >= 11 is 0.